The average molecular weight is 339 g/mol. The Morgan fingerprint density at radius 3 is 2.88 bits per heavy atom. The summed E-state index contributed by atoms with van der Waals surface area (Å²) in [5.41, 5.74) is 7.47. The number of carbonyl (C=O) groups excluding carboxylic acids is 2. The number of pyridine rings is 1. The minimum atomic E-state index is -0.343. The van der Waals surface area contributed by atoms with E-state index < -0.39 is 0 Å². The van der Waals surface area contributed by atoms with Gasteiger partial charge in [0.25, 0.3) is 5.91 Å². The fourth-order valence-electron chi connectivity index (χ4n) is 3.15. The molecule has 0 radical (unpaired) electrons. The summed E-state index contributed by atoms with van der Waals surface area (Å²) in [6, 6.07) is 10.9. The lowest BCUT2D eigenvalue weighted by molar-refractivity contribution is -0.123. The van der Waals surface area contributed by atoms with Crippen molar-refractivity contribution in [2.75, 3.05) is 20.2 Å². The Morgan fingerprint density at radius 2 is 2.12 bits per heavy atom. The topological polar surface area (TPSA) is 85.5 Å². The summed E-state index contributed by atoms with van der Waals surface area (Å²) in [5, 5.41) is 0. The van der Waals surface area contributed by atoms with Gasteiger partial charge >= 0.3 is 0 Å². The number of likely N-dealkylation sites (tertiary alicyclic amines) is 1. The minimum absolute atomic E-state index is 0.0947. The Labute approximate surface area is 146 Å². The summed E-state index contributed by atoms with van der Waals surface area (Å²) in [6.45, 7) is 1.02. The first-order valence-electron chi connectivity index (χ1n) is 8.28. The maximum Gasteiger partial charge on any atom is 0.253 e. The molecule has 2 heterocycles. The predicted molar refractivity (Wildman–Crippen MR) is 94.0 cm³/mol. The molecule has 1 aliphatic rings. The molecular weight excluding hydrogens is 318 g/mol. The van der Waals surface area contributed by atoms with Crippen molar-refractivity contribution in [1.29, 1.82) is 0 Å². The van der Waals surface area contributed by atoms with Gasteiger partial charge in [0.15, 0.2) is 0 Å². The number of methoxy groups -OCH3 is 1. The summed E-state index contributed by atoms with van der Waals surface area (Å²) in [5.74, 6) is -0.0530. The average Bonchev–Trinajstić information content (AvgIpc) is 2.67. The van der Waals surface area contributed by atoms with E-state index in [-0.39, 0.29) is 17.7 Å². The smallest absolute Gasteiger partial charge is 0.253 e. The van der Waals surface area contributed by atoms with Crippen molar-refractivity contribution >= 4 is 11.8 Å². The zero-order valence-electron chi connectivity index (χ0n) is 14.1. The Bertz CT molecular complexity index is 791. The van der Waals surface area contributed by atoms with Crippen LogP contribution in [0.1, 0.15) is 23.2 Å². The third-order valence-electron chi connectivity index (χ3n) is 4.48. The molecule has 2 N–H and O–H groups in total. The van der Waals surface area contributed by atoms with Crippen LogP contribution in [0.25, 0.3) is 11.3 Å². The van der Waals surface area contributed by atoms with Crippen molar-refractivity contribution in [1.82, 2.24) is 9.88 Å². The fraction of sp³-hybridized carbons (Fsp3) is 0.316. The van der Waals surface area contributed by atoms with Gasteiger partial charge in [0.2, 0.25) is 5.91 Å². The van der Waals surface area contributed by atoms with Gasteiger partial charge in [-0.05, 0) is 37.1 Å². The van der Waals surface area contributed by atoms with E-state index >= 15 is 0 Å². The standard InChI is InChI=1S/C19H21N3O3/c1-25-16-8-3-9-21-17(16)13-5-2-6-14(11-13)19(24)22-10-4-7-15(12-22)18(20)23/h2-3,5-6,8-9,11,15H,4,7,10,12H2,1H3,(H2,20,23)/t15-/m0/s1. The molecule has 6 heteroatoms. The monoisotopic (exact) mass is 339 g/mol. The van der Waals surface area contributed by atoms with Crippen LogP contribution in [0.4, 0.5) is 0 Å². The van der Waals surface area contributed by atoms with Crippen LogP contribution in [-0.2, 0) is 4.79 Å². The highest BCUT2D eigenvalue weighted by atomic mass is 16.5. The first kappa shape index (κ1) is 17.0. The fourth-order valence-corrected chi connectivity index (χ4v) is 3.15. The van der Waals surface area contributed by atoms with Crippen LogP contribution in [0, 0.1) is 5.92 Å². The molecule has 25 heavy (non-hydrogen) atoms. The number of nitrogens with two attached hydrogens (primary N) is 1. The molecule has 1 aromatic carbocycles. The summed E-state index contributed by atoms with van der Waals surface area (Å²) in [7, 11) is 1.59. The summed E-state index contributed by atoms with van der Waals surface area (Å²) >= 11 is 0. The van der Waals surface area contributed by atoms with Crippen LogP contribution < -0.4 is 10.5 Å². The van der Waals surface area contributed by atoms with Crippen LogP contribution in [0.3, 0.4) is 0 Å². The zero-order chi connectivity index (χ0) is 17.8. The molecule has 2 amide bonds. The number of ether oxygens (including phenoxy) is 1. The van der Waals surface area contributed by atoms with E-state index in [9.17, 15) is 9.59 Å². The number of hydrogen-bond acceptors (Lipinski definition) is 4. The number of hydrogen-bond donors (Lipinski definition) is 1. The number of primary amides is 1. The molecule has 3 rings (SSSR count). The van der Waals surface area contributed by atoms with Gasteiger partial charge in [-0.25, -0.2) is 0 Å². The van der Waals surface area contributed by atoms with E-state index in [1.54, 1.807) is 36.4 Å². The first-order valence-corrected chi connectivity index (χ1v) is 8.28. The minimum Gasteiger partial charge on any atom is -0.494 e. The molecule has 1 fully saturated rings. The van der Waals surface area contributed by atoms with Crippen molar-refractivity contribution in [3.63, 3.8) is 0 Å². The van der Waals surface area contributed by atoms with Gasteiger partial charge in [0, 0.05) is 30.4 Å². The Hall–Kier alpha value is -2.89. The van der Waals surface area contributed by atoms with Crippen molar-refractivity contribution in [3.05, 3.63) is 48.2 Å². The van der Waals surface area contributed by atoms with Gasteiger partial charge < -0.3 is 15.4 Å². The number of amides is 2. The van der Waals surface area contributed by atoms with Crippen molar-refractivity contribution < 1.29 is 14.3 Å². The molecule has 1 aromatic heterocycles. The van der Waals surface area contributed by atoms with Gasteiger partial charge in [0.05, 0.1) is 13.0 Å². The molecular formula is C19H21N3O3. The van der Waals surface area contributed by atoms with Crippen LogP contribution in [0.5, 0.6) is 5.75 Å². The second kappa shape index (κ2) is 7.34. The van der Waals surface area contributed by atoms with Crippen LogP contribution in [0.15, 0.2) is 42.6 Å². The van der Waals surface area contributed by atoms with Gasteiger partial charge in [0.1, 0.15) is 11.4 Å². The van der Waals surface area contributed by atoms with Gasteiger partial charge in [-0.3, -0.25) is 14.6 Å². The third kappa shape index (κ3) is 3.63. The molecule has 2 aromatic rings. The molecule has 1 saturated heterocycles. The van der Waals surface area contributed by atoms with E-state index in [0.717, 1.165) is 18.4 Å². The second-order valence-corrected chi connectivity index (χ2v) is 6.13. The first-order chi connectivity index (χ1) is 12.1. The normalized spacial score (nSPS) is 17.2. The van der Waals surface area contributed by atoms with Crippen molar-refractivity contribution in [3.8, 4) is 17.0 Å². The number of aromatic nitrogens is 1. The van der Waals surface area contributed by atoms with Gasteiger partial charge in [-0.2, -0.15) is 0 Å². The largest absolute Gasteiger partial charge is 0.494 e. The number of piperidine rings is 1. The van der Waals surface area contributed by atoms with E-state index in [1.165, 1.54) is 0 Å². The Balaban J connectivity index is 1.86. The molecule has 0 spiro atoms. The second-order valence-electron chi connectivity index (χ2n) is 6.13. The highest BCUT2D eigenvalue weighted by Crippen LogP contribution is 2.28. The lowest BCUT2D eigenvalue weighted by Gasteiger charge is -2.31. The number of nitrogens with zero attached hydrogens (tertiary/aromatic N) is 2. The quantitative estimate of drug-likeness (QED) is 0.924. The van der Waals surface area contributed by atoms with Crippen molar-refractivity contribution in [2.45, 2.75) is 12.8 Å². The van der Waals surface area contributed by atoms with Gasteiger partial charge in [-0.1, -0.05) is 12.1 Å². The van der Waals surface area contributed by atoms with E-state index in [1.807, 2.05) is 18.2 Å². The van der Waals surface area contributed by atoms with E-state index in [0.29, 0.717) is 30.1 Å². The molecule has 0 bridgehead atoms. The van der Waals surface area contributed by atoms with Crippen LogP contribution >= 0.6 is 0 Å². The lowest BCUT2D eigenvalue weighted by Crippen LogP contribution is -2.44. The molecule has 0 saturated carbocycles. The SMILES string of the molecule is COc1cccnc1-c1cccc(C(=O)N2CCC[C@H](C(N)=O)C2)c1. The zero-order valence-corrected chi connectivity index (χ0v) is 14.1. The summed E-state index contributed by atoms with van der Waals surface area (Å²) in [4.78, 5) is 30.3. The Kier molecular flexibility index (Phi) is 4.97. The predicted octanol–water partition coefficient (Wildman–Crippen LogP) is 2.09. The molecule has 6 nitrogen and oxygen atoms in total. The number of rotatable bonds is 4. The maximum atomic E-state index is 12.8. The summed E-state index contributed by atoms with van der Waals surface area (Å²) < 4.78 is 5.35. The highest BCUT2D eigenvalue weighted by Gasteiger charge is 2.27. The summed E-state index contributed by atoms with van der Waals surface area (Å²) in [6.07, 6.45) is 3.21. The molecule has 0 unspecified atom stereocenters. The third-order valence-corrected chi connectivity index (χ3v) is 4.48. The number of benzene rings is 1. The molecule has 1 atom stereocenters. The van der Waals surface area contributed by atoms with Gasteiger partial charge in [-0.15, -0.1) is 0 Å². The van der Waals surface area contributed by atoms with Crippen molar-refractivity contribution in [2.24, 2.45) is 11.7 Å². The lowest BCUT2D eigenvalue weighted by atomic mass is 9.96. The van der Waals surface area contributed by atoms with Crippen LogP contribution in [-0.4, -0.2) is 41.9 Å². The highest BCUT2D eigenvalue weighted by molar-refractivity contribution is 5.96. The Morgan fingerprint density at radius 1 is 1.28 bits per heavy atom. The van der Waals surface area contributed by atoms with E-state index in [2.05, 4.69) is 4.98 Å². The van der Waals surface area contributed by atoms with Crippen LogP contribution in [0.2, 0.25) is 0 Å². The maximum absolute atomic E-state index is 12.8. The molecule has 1 aliphatic heterocycles. The van der Waals surface area contributed by atoms with E-state index in [4.69, 9.17) is 10.5 Å². The molecule has 130 valence electrons. The molecule has 0 aliphatic carbocycles. The number of carbonyl (C=O) groups is 2.